The second-order valence-corrected chi connectivity index (χ2v) is 13.5. The van der Waals surface area contributed by atoms with Crippen LogP contribution < -0.4 is 16.0 Å². The number of nitrogens with zero attached hydrogens (tertiary/aromatic N) is 2. The number of carbonyl (C=O) groups is 4. The number of ether oxygens (including phenoxy) is 1. The van der Waals surface area contributed by atoms with E-state index in [-0.39, 0.29) is 31.0 Å². The number of hydrogen-bond acceptors (Lipinski definition) is 6. The van der Waals surface area contributed by atoms with Gasteiger partial charge in [-0.3, -0.25) is 19.2 Å². The van der Waals surface area contributed by atoms with Crippen LogP contribution in [-0.4, -0.2) is 77.8 Å². The Morgan fingerprint density at radius 3 is 2.42 bits per heavy atom. The molecule has 0 bridgehead atoms. The summed E-state index contributed by atoms with van der Waals surface area (Å²) in [4.78, 5) is 56.6. The van der Waals surface area contributed by atoms with Crippen LogP contribution in [0.15, 0.2) is 67.0 Å². The summed E-state index contributed by atoms with van der Waals surface area (Å²) in [6, 6.07) is 7.43. The second kappa shape index (κ2) is 15.0. The first-order valence-corrected chi connectivity index (χ1v) is 15.9. The molecule has 10 heteroatoms. The Morgan fingerprint density at radius 2 is 1.73 bits per heavy atom. The fraction of sp³-hybridized carbons (Fsp3) is 0.543. The van der Waals surface area contributed by atoms with Gasteiger partial charge in [0.15, 0.2) is 0 Å². The minimum atomic E-state index is -0.882. The van der Waals surface area contributed by atoms with E-state index in [9.17, 15) is 19.2 Å². The third kappa shape index (κ3) is 8.49. The van der Waals surface area contributed by atoms with Gasteiger partial charge in [0.2, 0.25) is 17.7 Å². The smallest absolute Gasteiger partial charge is 0.252 e. The van der Waals surface area contributed by atoms with Gasteiger partial charge in [-0.1, -0.05) is 82.3 Å². The molecule has 4 amide bonds. The highest BCUT2D eigenvalue weighted by Gasteiger charge is 2.42. The molecule has 1 aromatic carbocycles. The van der Waals surface area contributed by atoms with Crippen LogP contribution in [0.5, 0.6) is 0 Å². The molecule has 0 aromatic heterocycles. The van der Waals surface area contributed by atoms with Gasteiger partial charge >= 0.3 is 0 Å². The number of carbonyl (C=O) groups excluding carboxylic acids is 4. The molecule has 4 rings (SSSR count). The number of likely N-dealkylation sites (N-methyl/N-ethyl adjacent to an activating group) is 1. The quantitative estimate of drug-likeness (QED) is 0.350. The van der Waals surface area contributed by atoms with Gasteiger partial charge in [-0.2, -0.15) is 0 Å². The average Bonchev–Trinajstić information content (AvgIpc) is 3.02. The maximum Gasteiger partial charge on any atom is 0.252 e. The first kappa shape index (κ1) is 34.1. The molecular formula is C35H49N5O5. The molecule has 10 nitrogen and oxygen atoms in total. The second-order valence-electron chi connectivity index (χ2n) is 13.5. The third-order valence-corrected chi connectivity index (χ3v) is 9.13. The molecule has 3 N–H and O–H groups in total. The standard InChI is InChI=1S/C35H49N5O5/c1-23-18-27(19-26-14-10-11-15-28(23)26)39-16-17-40(29(34(39)44)22-45-21-25-12-8-7-9-13-25)30(41)20-37-33(43)31(35(3,4)5)38-32(42)24(2)36-6/h7-17,23-24,26-29,31,36H,18-22H2,1-6H3,(H,37,43)(H,38,42)/t23?,24-,26?,27?,28?,29-,31+/m0/s1. The highest BCUT2D eigenvalue weighted by Crippen LogP contribution is 2.41. The van der Waals surface area contributed by atoms with E-state index >= 15 is 0 Å². The van der Waals surface area contributed by atoms with Gasteiger partial charge in [0, 0.05) is 18.4 Å². The summed E-state index contributed by atoms with van der Waals surface area (Å²) in [5.74, 6) is -0.199. The van der Waals surface area contributed by atoms with Crippen molar-refractivity contribution in [1.29, 1.82) is 0 Å². The highest BCUT2D eigenvalue weighted by molar-refractivity contribution is 5.94. The van der Waals surface area contributed by atoms with Crippen molar-refractivity contribution >= 4 is 23.6 Å². The van der Waals surface area contributed by atoms with Crippen molar-refractivity contribution in [2.24, 2.45) is 23.2 Å². The molecule has 1 heterocycles. The van der Waals surface area contributed by atoms with E-state index in [1.165, 1.54) is 4.90 Å². The van der Waals surface area contributed by atoms with Gasteiger partial charge in [0.05, 0.1) is 25.8 Å². The third-order valence-electron chi connectivity index (χ3n) is 9.13. The zero-order valence-electron chi connectivity index (χ0n) is 27.4. The minimum Gasteiger partial charge on any atom is -0.374 e. The lowest BCUT2D eigenvalue weighted by Crippen LogP contribution is -2.59. The normalized spacial score (nSPS) is 25.8. The van der Waals surface area contributed by atoms with Gasteiger partial charge in [0.1, 0.15) is 12.1 Å². The molecule has 1 saturated carbocycles. The SMILES string of the molecule is CN[C@@H](C)C(=O)N[C@H](C(=O)NCC(=O)N1C=CN(C2CC(C)C3C=CC=CC3C2)C(=O)[C@@H]1COCc1ccccc1)C(C)(C)C. The summed E-state index contributed by atoms with van der Waals surface area (Å²) in [5.41, 5.74) is 0.357. The first-order chi connectivity index (χ1) is 21.4. The fourth-order valence-corrected chi connectivity index (χ4v) is 6.36. The molecule has 2 aliphatic carbocycles. The van der Waals surface area contributed by atoms with E-state index in [1.54, 1.807) is 31.3 Å². The van der Waals surface area contributed by atoms with Gasteiger partial charge in [-0.05, 0) is 55.5 Å². The lowest BCUT2D eigenvalue weighted by Gasteiger charge is -2.45. The van der Waals surface area contributed by atoms with Crippen LogP contribution in [0.3, 0.4) is 0 Å². The number of rotatable bonds is 11. The molecule has 1 aliphatic heterocycles. The van der Waals surface area contributed by atoms with Crippen LogP contribution in [0.1, 0.15) is 53.0 Å². The maximum atomic E-state index is 14.1. The maximum absolute atomic E-state index is 14.1. The molecule has 1 fully saturated rings. The van der Waals surface area contributed by atoms with Crippen LogP contribution >= 0.6 is 0 Å². The molecule has 3 aliphatic rings. The number of allylic oxidation sites excluding steroid dienone is 4. The monoisotopic (exact) mass is 619 g/mol. The van der Waals surface area contributed by atoms with Crippen LogP contribution in [0.25, 0.3) is 0 Å². The van der Waals surface area contributed by atoms with Crippen LogP contribution in [0, 0.1) is 23.2 Å². The predicted octanol–water partition coefficient (Wildman–Crippen LogP) is 3.13. The van der Waals surface area contributed by atoms with Crippen molar-refractivity contribution < 1.29 is 23.9 Å². The van der Waals surface area contributed by atoms with Gasteiger partial charge in [0.25, 0.3) is 5.91 Å². The van der Waals surface area contributed by atoms with Gasteiger partial charge in [-0.15, -0.1) is 0 Å². The van der Waals surface area contributed by atoms with E-state index in [0.717, 1.165) is 18.4 Å². The predicted molar refractivity (Wildman–Crippen MR) is 173 cm³/mol. The molecule has 0 spiro atoms. The van der Waals surface area contributed by atoms with E-state index in [0.29, 0.717) is 24.4 Å². The Morgan fingerprint density at radius 1 is 1.02 bits per heavy atom. The number of fused-ring (bicyclic) bond motifs is 1. The van der Waals surface area contributed by atoms with Crippen molar-refractivity contribution in [3.05, 3.63) is 72.6 Å². The Kier molecular flexibility index (Phi) is 11.4. The zero-order chi connectivity index (χ0) is 32.7. The minimum absolute atomic E-state index is 0.00545. The van der Waals surface area contributed by atoms with Crippen molar-refractivity contribution in [1.82, 2.24) is 25.8 Å². The summed E-state index contributed by atoms with van der Waals surface area (Å²) in [6.45, 7) is 9.44. The largest absolute Gasteiger partial charge is 0.374 e. The van der Waals surface area contributed by atoms with Crippen molar-refractivity contribution in [2.75, 3.05) is 20.2 Å². The molecule has 0 saturated heterocycles. The zero-order valence-corrected chi connectivity index (χ0v) is 27.4. The number of amides is 4. The van der Waals surface area contributed by atoms with E-state index in [2.05, 4.69) is 47.2 Å². The molecular weight excluding hydrogens is 570 g/mol. The molecule has 7 atom stereocenters. The summed E-state index contributed by atoms with van der Waals surface area (Å²) < 4.78 is 6.00. The lowest BCUT2D eigenvalue weighted by molar-refractivity contribution is -0.148. The summed E-state index contributed by atoms with van der Waals surface area (Å²) in [6.07, 6.45) is 13.7. The van der Waals surface area contributed by atoms with Crippen LogP contribution in [0.4, 0.5) is 0 Å². The fourth-order valence-electron chi connectivity index (χ4n) is 6.36. The number of benzene rings is 1. The van der Waals surface area contributed by atoms with Crippen molar-refractivity contribution in [2.45, 2.75) is 78.2 Å². The number of nitrogens with one attached hydrogen (secondary N) is 3. The van der Waals surface area contributed by atoms with Crippen LogP contribution in [0.2, 0.25) is 0 Å². The molecule has 1 aromatic rings. The van der Waals surface area contributed by atoms with E-state index < -0.39 is 35.4 Å². The first-order valence-electron chi connectivity index (χ1n) is 15.9. The summed E-state index contributed by atoms with van der Waals surface area (Å²) >= 11 is 0. The Hall–Kier alpha value is -3.76. The molecule has 45 heavy (non-hydrogen) atoms. The highest BCUT2D eigenvalue weighted by atomic mass is 16.5. The van der Waals surface area contributed by atoms with Gasteiger partial charge < -0.3 is 30.5 Å². The Labute approximate surface area is 267 Å². The van der Waals surface area contributed by atoms with Crippen molar-refractivity contribution in [3.8, 4) is 0 Å². The Balaban J connectivity index is 1.48. The molecule has 244 valence electrons. The number of hydrogen-bond donors (Lipinski definition) is 3. The lowest BCUT2D eigenvalue weighted by atomic mass is 9.69. The summed E-state index contributed by atoms with van der Waals surface area (Å²) in [7, 11) is 1.67. The molecule has 4 unspecified atom stereocenters. The van der Waals surface area contributed by atoms with Crippen LogP contribution in [-0.2, 0) is 30.5 Å². The molecule has 0 radical (unpaired) electrons. The Bertz CT molecular complexity index is 1300. The summed E-state index contributed by atoms with van der Waals surface area (Å²) in [5, 5.41) is 8.36. The topological polar surface area (TPSA) is 120 Å². The van der Waals surface area contributed by atoms with E-state index in [1.807, 2.05) is 51.1 Å². The average molecular weight is 620 g/mol. The van der Waals surface area contributed by atoms with E-state index in [4.69, 9.17) is 4.74 Å². The van der Waals surface area contributed by atoms with Gasteiger partial charge in [-0.25, -0.2) is 0 Å². The van der Waals surface area contributed by atoms with Crippen molar-refractivity contribution in [3.63, 3.8) is 0 Å².